The molecule has 70 valence electrons. The van der Waals surface area contributed by atoms with E-state index in [9.17, 15) is 4.79 Å². The Kier molecular flexibility index (Phi) is 4.87. The maximum absolute atomic E-state index is 10.2. The van der Waals surface area contributed by atoms with E-state index < -0.39 is 11.9 Å². The first kappa shape index (κ1) is 11.1. The fraction of sp³-hybridized carbons (Fsp3) is 0.125. The van der Waals surface area contributed by atoms with Gasteiger partial charge in [-0.25, -0.2) is 4.79 Å². The largest absolute Gasteiger partial charge is 0.481 e. The average molecular weight is 183 g/mol. The molecule has 0 aliphatic carbocycles. The summed E-state index contributed by atoms with van der Waals surface area (Å²) in [6.45, 7) is 1.08. The van der Waals surface area contributed by atoms with Crippen LogP contribution in [0.1, 0.15) is 17.3 Å². The zero-order valence-corrected chi connectivity index (χ0v) is 6.97. The van der Waals surface area contributed by atoms with Gasteiger partial charge in [0.2, 0.25) is 0 Å². The number of pyridine rings is 1. The summed E-state index contributed by atoms with van der Waals surface area (Å²) < 4.78 is 0. The molecule has 0 saturated heterocycles. The number of aliphatic carboxylic acids is 1. The molecule has 0 bridgehead atoms. The summed E-state index contributed by atoms with van der Waals surface area (Å²) in [5.41, 5.74) is 0.220. The van der Waals surface area contributed by atoms with E-state index in [0.717, 1.165) is 6.92 Å². The minimum atomic E-state index is -0.942. The van der Waals surface area contributed by atoms with Crippen LogP contribution in [0.5, 0.6) is 0 Å². The highest BCUT2D eigenvalue weighted by Crippen LogP contribution is 1.92. The van der Waals surface area contributed by atoms with Crippen molar-refractivity contribution in [3.8, 4) is 0 Å². The van der Waals surface area contributed by atoms with Crippen molar-refractivity contribution in [1.29, 1.82) is 0 Å². The van der Waals surface area contributed by atoms with E-state index >= 15 is 0 Å². The van der Waals surface area contributed by atoms with E-state index in [0.29, 0.717) is 0 Å². The van der Waals surface area contributed by atoms with E-state index in [1.54, 1.807) is 6.07 Å². The van der Waals surface area contributed by atoms with Crippen LogP contribution in [0, 0.1) is 0 Å². The molecular formula is C8H9NO4. The summed E-state index contributed by atoms with van der Waals surface area (Å²) in [5, 5.41) is 15.8. The second-order valence-corrected chi connectivity index (χ2v) is 2.07. The van der Waals surface area contributed by atoms with Crippen LogP contribution in [0.2, 0.25) is 0 Å². The number of aromatic carboxylic acids is 1. The van der Waals surface area contributed by atoms with Gasteiger partial charge in [-0.15, -0.1) is 0 Å². The summed E-state index contributed by atoms with van der Waals surface area (Å²) in [6.07, 6.45) is 2.84. The highest BCUT2D eigenvalue weighted by molar-refractivity contribution is 5.86. The van der Waals surface area contributed by atoms with Crippen molar-refractivity contribution in [3.63, 3.8) is 0 Å². The molecule has 1 rings (SSSR count). The molecule has 0 saturated carbocycles. The second-order valence-electron chi connectivity index (χ2n) is 2.07. The van der Waals surface area contributed by atoms with Gasteiger partial charge in [-0.05, 0) is 12.1 Å². The zero-order chi connectivity index (χ0) is 10.3. The normalized spacial score (nSPS) is 8.08. The van der Waals surface area contributed by atoms with E-state index in [1.165, 1.54) is 18.5 Å². The highest BCUT2D eigenvalue weighted by atomic mass is 16.4. The predicted octanol–water partition coefficient (Wildman–Crippen LogP) is 0.871. The molecule has 0 radical (unpaired) electrons. The summed E-state index contributed by atoms with van der Waals surface area (Å²) in [5.74, 6) is -1.77. The van der Waals surface area contributed by atoms with Crippen molar-refractivity contribution >= 4 is 11.9 Å². The zero-order valence-electron chi connectivity index (χ0n) is 6.97. The summed E-state index contributed by atoms with van der Waals surface area (Å²) in [4.78, 5) is 22.8. The van der Waals surface area contributed by atoms with Gasteiger partial charge < -0.3 is 10.2 Å². The molecule has 0 amide bonds. The molecule has 0 unspecified atom stereocenters. The van der Waals surface area contributed by atoms with Crippen LogP contribution in [0.3, 0.4) is 0 Å². The first-order chi connectivity index (χ1) is 6.04. The van der Waals surface area contributed by atoms with Crippen molar-refractivity contribution in [3.05, 3.63) is 30.1 Å². The van der Waals surface area contributed by atoms with Gasteiger partial charge in [0.15, 0.2) is 0 Å². The molecule has 1 aromatic rings. The van der Waals surface area contributed by atoms with Crippen molar-refractivity contribution in [2.45, 2.75) is 6.92 Å². The van der Waals surface area contributed by atoms with Gasteiger partial charge in [0.05, 0.1) is 5.56 Å². The van der Waals surface area contributed by atoms with Crippen LogP contribution in [-0.4, -0.2) is 27.1 Å². The molecule has 2 N–H and O–H groups in total. The quantitative estimate of drug-likeness (QED) is 0.674. The van der Waals surface area contributed by atoms with Gasteiger partial charge in [0.25, 0.3) is 5.97 Å². The van der Waals surface area contributed by atoms with Crippen molar-refractivity contribution in [2.24, 2.45) is 0 Å². The third kappa shape index (κ3) is 6.49. The van der Waals surface area contributed by atoms with Crippen LogP contribution < -0.4 is 0 Å². The van der Waals surface area contributed by atoms with Crippen LogP contribution >= 0.6 is 0 Å². The van der Waals surface area contributed by atoms with E-state index in [-0.39, 0.29) is 5.56 Å². The third-order valence-corrected chi connectivity index (χ3v) is 0.908. The van der Waals surface area contributed by atoms with Gasteiger partial charge in [0.1, 0.15) is 0 Å². The molecule has 1 aromatic heterocycles. The van der Waals surface area contributed by atoms with Crippen molar-refractivity contribution in [2.75, 3.05) is 0 Å². The molecule has 0 fully saturated rings. The summed E-state index contributed by atoms with van der Waals surface area (Å²) in [7, 11) is 0. The number of carboxylic acids is 2. The van der Waals surface area contributed by atoms with E-state index in [1.807, 2.05) is 0 Å². The summed E-state index contributed by atoms with van der Waals surface area (Å²) >= 11 is 0. The molecule has 0 aliphatic heterocycles. The van der Waals surface area contributed by atoms with Gasteiger partial charge in [-0.1, -0.05) is 0 Å². The Morgan fingerprint density at radius 3 is 2.15 bits per heavy atom. The lowest BCUT2D eigenvalue weighted by atomic mass is 10.3. The molecule has 0 aliphatic rings. The number of aromatic nitrogens is 1. The maximum atomic E-state index is 10.2. The number of carbonyl (C=O) groups is 2. The number of nitrogens with zero attached hydrogens (tertiary/aromatic N) is 1. The first-order valence-electron chi connectivity index (χ1n) is 3.37. The lowest BCUT2D eigenvalue weighted by Crippen LogP contribution is -1.94. The predicted molar refractivity (Wildman–Crippen MR) is 44.5 cm³/mol. The van der Waals surface area contributed by atoms with Gasteiger partial charge in [-0.2, -0.15) is 0 Å². The van der Waals surface area contributed by atoms with Crippen LogP contribution in [0.15, 0.2) is 24.5 Å². The molecule has 5 heteroatoms. The Balaban J connectivity index is 0.000000310. The summed E-state index contributed by atoms with van der Waals surface area (Å²) in [6, 6.07) is 3.08. The number of carboxylic acid groups (broad SMARTS) is 2. The Labute approximate surface area is 74.7 Å². The molecule has 1 heterocycles. The smallest absolute Gasteiger partial charge is 0.337 e. The topological polar surface area (TPSA) is 87.5 Å². The lowest BCUT2D eigenvalue weighted by Gasteiger charge is -1.87. The molecular weight excluding hydrogens is 174 g/mol. The SMILES string of the molecule is CC(=O)O.O=C(O)c1cccnc1. The fourth-order valence-corrected chi connectivity index (χ4v) is 0.489. The van der Waals surface area contributed by atoms with Crippen molar-refractivity contribution < 1.29 is 19.8 Å². The third-order valence-electron chi connectivity index (χ3n) is 0.908. The Bertz CT molecular complexity index is 279. The fourth-order valence-electron chi connectivity index (χ4n) is 0.489. The minimum absolute atomic E-state index is 0.220. The molecule has 0 spiro atoms. The Morgan fingerprint density at radius 1 is 1.38 bits per heavy atom. The Hall–Kier alpha value is -1.91. The highest BCUT2D eigenvalue weighted by Gasteiger charge is 1.97. The van der Waals surface area contributed by atoms with Crippen LogP contribution in [-0.2, 0) is 4.79 Å². The monoisotopic (exact) mass is 183 g/mol. The lowest BCUT2D eigenvalue weighted by molar-refractivity contribution is -0.134. The van der Waals surface area contributed by atoms with Gasteiger partial charge >= 0.3 is 5.97 Å². The molecule has 0 aromatic carbocycles. The molecule has 0 atom stereocenters. The molecule has 5 nitrogen and oxygen atoms in total. The Morgan fingerprint density at radius 2 is 1.92 bits per heavy atom. The van der Waals surface area contributed by atoms with Gasteiger partial charge in [-0.3, -0.25) is 9.78 Å². The molecule has 13 heavy (non-hydrogen) atoms. The second kappa shape index (κ2) is 5.70. The average Bonchev–Trinajstić information content (AvgIpc) is 2.05. The standard InChI is InChI=1S/C6H5NO2.C2H4O2/c8-6(9)5-2-1-3-7-4-5;1-2(3)4/h1-4H,(H,8,9);1H3,(H,3,4). The number of rotatable bonds is 1. The minimum Gasteiger partial charge on any atom is -0.481 e. The number of hydrogen-bond acceptors (Lipinski definition) is 3. The van der Waals surface area contributed by atoms with E-state index in [4.69, 9.17) is 15.0 Å². The van der Waals surface area contributed by atoms with Crippen molar-refractivity contribution in [1.82, 2.24) is 4.98 Å². The first-order valence-corrected chi connectivity index (χ1v) is 3.37. The van der Waals surface area contributed by atoms with Crippen LogP contribution in [0.25, 0.3) is 0 Å². The van der Waals surface area contributed by atoms with E-state index in [2.05, 4.69) is 4.98 Å². The maximum Gasteiger partial charge on any atom is 0.337 e. The van der Waals surface area contributed by atoms with Gasteiger partial charge in [0, 0.05) is 19.3 Å². The van der Waals surface area contributed by atoms with Crippen LogP contribution in [0.4, 0.5) is 0 Å². The number of hydrogen-bond donors (Lipinski definition) is 2.